The minimum absolute atomic E-state index is 0.0104. The van der Waals surface area contributed by atoms with Crippen molar-refractivity contribution in [1.29, 1.82) is 0 Å². The fraction of sp³-hybridized carbons (Fsp3) is 0.806. The summed E-state index contributed by atoms with van der Waals surface area (Å²) < 4.78 is 6.04. The highest BCUT2D eigenvalue weighted by Gasteiger charge is 2.60. The van der Waals surface area contributed by atoms with Crippen molar-refractivity contribution in [3.8, 4) is 0 Å². The highest BCUT2D eigenvalue weighted by molar-refractivity contribution is 5.91. The molecule has 0 aromatic heterocycles. The van der Waals surface area contributed by atoms with E-state index < -0.39 is 0 Å². The number of benzene rings is 1. The van der Waals surface area contributed by atoms with Crippen LogP contribution >= 0.6 is 0 Å². The molecule has 4 N–H and O–H groups in total. The van der Waals surface area contributed by atoms with Crippen LogP contribution in [0, 0.1) is 52.3 Å². The zero-order valence-corrected chi connectivity index (χ0v) is 26.8. The van der Waals surface area contributed by atoms with E-state index in [1.807, 2.05) is 13.8 Å². The Labute approximate surface area is 245 Å². The number of nitrogen functional groups attached to an aromatic ring is 2. The van der Waals surface area contributed by atoms with Gasteiger partial charge in [-0.05, 0) is 128 Å². The molecule has 5 rings (SSSR count). The third kappa shape index (κ3) is 6.07. The maximum Gasteiger partial charge on any atom is 0.338 e. The largest absolute Gasteiger partial charge is 0.459 e. The van der Waals surface area contributed by atoms with Gasteiger partial charge in [0.15, 0.2) is 0 Å². The first-order valence-corrected chi connectivity index (χ1v) is 16.9. The van der Waals surface area contributed by atoms with E-state index in [0.717, 1.165) is 48.3 Å². The number of hydrogen-bond donors (Lipinski definition) is 2. The summed E-state index contributed by atoms with van der Waals surface area (Å²) in [7, 11) is 0. The second-order valence-corrected chi connectivity index (χ2v) is 14.9. The number of carbonyl (C=O) groups excluding carboxylic acids is 1. The molecule has 0 amide bonds. The number of nitrogens with two attached hydrogens (primary N) is 2. The van der Waals surface area contributed by atoms with E-state index in [9.17, 15) is 4.79 Å². The van der Waals surface area contributed by atoms with E-state index in [-0.39, 0.29) is 12.1 Å². The summed E-state index contributed by atoms with van der Waals surface area (Å²) in [6, 6.07) is 5.03. The van der Waals surface area contributed by atoms with Gasteiger partial charge in [0.2, 0.25) is 0 Å². The summed E-state index contributed by atoms with van der Waals surface area (Å²) in [6.07, 6.45) is 15.8. The van der Waals surface area contributed by atoms with Gasteiger partial charge < -0.3 is 16.2 Å². The van der Waals surface area contributed by atoms with Gasteiger partial charge in [0, 0.05) is 11.4 Å². The molecule has 1 aromatic rings. The molecule has 0 bridgehead atoms. The molecule has 4 aliphatic rings. The van der Waals surface area contributed by atoms with Gasteiger partial charge in [-0.1, -0.05) is 67.7 Å². The summed E-state index contributed by atoms with van der Waals surface area (Å²) in [5.74, 6) is 5.67. The fourth-order valence-corrected chi connectivity index (χ4v) is 10.4. The van der Waals surface area contributed by atoms with E-state index >= 15 is 0 Å². The highest BCUT2D eigenvalue weighted by Crippen LogP contribution is 2.68. The SMILES string of the molecule is CC.CC(C)CCCC(C)C1CCC2C3CCC4CC(OC(=O)c5cc(N)cc(N)c5)CCC4(C)C3CCC12C. The van der Waals surface area contributed by atoms with Crippen LogP contribution in [0.1, 0.15) is 136 Å². The molecule has 4 aliphatic carbocycles. The molecule has 4 heteroatoms. The maximum absolute atomic E-state index is 12.9. The van der Waals surface area contributed by atoms with Crippen molar-refractivity contribution in [2.45, 2.75) is 132 Å². The molecular weight excluding hydrogens is 492 g/mol. The van der Waals surface area contributed by atoms with Crippen molar-refractivity contribution in [3.05, 3.63) is 23.8 Å². The van der Waals surface area contributed by atoms with Crippen LogP contribution in [0.15, 0.2) is 18.2 Å². The highest BCUT2D eigenvalue weighted by atomic mass is 16.5. The summed E-state index contributed by atoms with van der Waals surface area (Å²) in [6.45, 7) is 16.6. The minimum Gasteiger partial charge on any atom is -0.459 e. The zero-order chi connectivity index (χ0) is 29.2. The molecule has 0 aliphatic heterocycles. The van der Waals surface area contributed by atoms with Crippen LogP contribution in [0.4, 0.5) is 11.4 Å². The fourth-order valence-electron chi connectivity index (χ4n) is 10.4. The standard InChI is InChI=1S/C34H54N2O2.C2H6/c1-21(2)7-6-8-22(3)29-11-12-30-28-10-9-24-19-27(38-32(37)23-17-25(35)20-26(36)18-23)13-15-33(24,4)31(28)14-16-34(29,30)5;1-2/h17-18,20-22,24,27-31H,6-16,19,35-36H2,1-5H3;1-2H3. The summed E-state index contributed by atoms with van der Waals surface area (Å²) in [5, 5.41) is 0. The Morgan fingerprint density at radius 1 is 0.875 bits per heavy atom. The Hall–Kier alpha value is -1.71. The average Bonchev–Trinajstić information content (AvgIpc) is 3.26. The molecular formula is C36H60N2O2. The van der Waals surface area contributed by atoms with Gasteiger partial charge >= 0.3 is 5.97 Å². The first kappa shape index (κ1) is 31.2. The number of esters is 1. The second kappa shape index (κ2) is 12.7. The van der Waals surface area contributed by atoms with Crippen molar-refractivity contribution in [3.63, 3.8) is 0 Å². The topological polar surface area (TPSA) is 78.3 Å². The number of hydrogen-bond acceptors (Lipinski definition) is 4. The third-order valence-electron chi connectivity index (χ3n) is 12.3. The van der Waals surface area contributed by atoms with Crippen LogP contribution < -0.4 is 11.5 Å². The van der Waals surface area contributed by atoms with Gasteiger partial charge in [-0.2, -0.15) is 0 Å². The lowest BCUT2D eigenvalue weighted by Gasteiger charge is -2.61. The Kier molecular flexibility index (Phi) is 9.88. The van der Waals surface area contributed by atoms with Crippen LogP contribution in [-0.2, 0) is 4.74 Å². The lowest BCUT2D eigenvalue weighted by Crippen LogP contribution is -2.54. The van der Waals surface area contributed by atoms with Crippen molar-refractivity contribution < 1.29 is 9.53 Å². The van der Waals surface area contributed by atoms with Crippen molar-refractivity contribution in [1.82, 2.24) is 0 Å². The number of ether oxygens (including phenoxy) is 1. The first-order chi connectivity index (χ1) is 19.0. The molecule has 0 saturated heterocycles. The Morgan fingerprint density at radius 2 is 1.52 bits per heavy atom. The van der Waals surface area contributed by atoms with E-state index in [1.54, 1.807) is 18.2 Å². The van der Waals surface area contributed by atoms with Crippen molar-refractivity contribution in [2.75, 3.05) is 11.5 Å². The van der Waals surface area contributed by atoms with Crippen LogP contribution in [0.5, 0.6) is 0 Å². The van der Waals surface area contributed by atoms with Gasteiger partial charge in [0.25, 0.3) is 0 Å². The number of anilines is 2. The van der Waals surface area contributed by atoms with E-state index in [2.05, 4.69) is 34.6 Å². The molecule has 4 nitrogen and oxygen atoms in total. The molecule has 0 radical (unpaired) electrons. The number of fused-ring (bicyclic) bond motifs is 5. The van der Waals surface area contributed by atoms with E-state index in [0.29, 0.717) is 33.7 Å². The Bertz CT molecular complexity index is 986. The monoisotopic (exact) mass is 552 g/mol. The maximum atomic E-state index is 12.9. The third-order valence-corrected chi connectivity index (χ3v) is 12.3. The second-order valence-electron chi connectivity index (χ2n) is 14.9. The van der Waals surface area contributed by atoms with Gasteiger partial charge in [0.1, 0.15) is 6.10 Å². The Balaban J connectivity index is 0.00000181. The molecule has 226 valence electrons. The van der Waals surface area contributed by atoms with Crippen molar-refractivity contribution in [2.24, 2.45) is 52.3 Å². The average molecular weight is 553 g/mol. The predicted molar refractivity (Wildman–Crippen MR) is 169 cm³/mol. The quantitative estimate of drug-likeness (QED) is 0.261. The lowest BCUT2D eigenvalue weighted by atomic mass is 9.44. The van der Waals surface area contributed by atoms with Crippen molar-refractivity contribution >= 4 is 17.3 Å². The predicted octanol–water partition coefficient (Wildman–Crippen LogP) is 9.52. The molecule has 4 fully saturated rings. The van der Waals surface area contributed by atoms with Gasteiger partial charge in [-0.3, -0.25) is 0 Å². The van der Waals surface area contributed by atoms with E-state index in [1.165, 1.54) is 64.2 Å². The molecule has 9 atom stereocenters. The lowest BCUT2D eigenvalue weighted by molar-refractivity contribution is -0.130. The van der Waals surface area contributed by atoms with Gasteiger partial charge in [-0.15, -0.1) is 0 Å². The van der Waals surface area contributed by atoms with Crippen LogP contribution in [-0.4, -0.2) is 12.1 Å². The minimum atomic E-state index is -0.278. The smallest absolute Gasteiger partial charge is 0.338 e. The number of carbonyl (C=O) groups is 1. The van der Waals surface area contributed by atoms with Crippen LogP contribution in [0.25, 0.3) is 0 Å². The van der Waals surface area contributed by atoms with Gasteiger partial charge in [-0.25, -0.2) is 4.79 Å². The van der Waals surface area contributed by atoms with Gasteiger partial charge in [0.05, 0.1) is 5.56 Å². The molecule has 0 heterocycles. The molecule has 1 aromatic carbocycles. The molecule has 4 saturated carbocycles. The van der Waals surface area contributed by atoms with E-state index in [4.69, 9.17) is 16.2 Å². The molecule has 40 heavy (non-hydrogen) atoms. The number of rotatable bonds is 7. The molecule has 9 unspecified atom stereocenters. The van der Waals surface area contributed by atoms with Crippen LogP contribution in [0.3, 0.4) is 0 Å². The first-order valence-electron chi connectivity index (χ1n) is 16.9. The Morgan fingerprint density at radius 3 is 2.20 bits per heavy atom. The van der Waals surface area contributed by atoms with Crippen LogP contribution in [0.2, 0.25) is 0 Å². The summed E-state index contributed by atoms with van der Waals surface area (Å²) in [4.78, 5) is 12.9. The summed E-state index contributed by atoms with van der Waals surface area (Å²) in [5.41, 5.74) is 14.3. The normalized spacial score (nSPS) is 37.4. The summed E-state index contributed by atoms with van der Waals surface area (Å²) >= 11 is 0. The molecule has 0 spiro atoms. The zero-order valence-electron chi connectivity index (χ0n) is 26.8.